The fourth-order valence-corrected chi connectivity index (χ4v) is 1.20. The summed E-state index contributed by atoms with van der Waals surface area (Å²) in [4.78, 5) is 4.31. The Morgan fingerprint density at radius 1 is 1.31 bits per heavy atom. The molecule has 1 atom stereocenters. The monoisotopic (exact) mass is 197 g/mol. The van der Waals surface area contributed by atoms with Crippen LogP contribution in [0.3, 0.4) is 0 Å². The van der Waals surface area contributed by atoms with Crippen LogP contribution in [0.25, 0.3) is 0 Å². The number of hydrogen-bond donors (Lipinski definition) is 0. The Balaban J connectivity index is 2.90. The third-order valence-electron chi connectivity index (χ3n) is 2.49. The summed E-state index contributed by atoms with van der Waals surface area (Å²) in [5.41, 5.74) is 1.36. The molecule has 0 spiro atoms. The van der Waals surface area contributed by atoms with E-state index in [2.05, 4.69) is 32.7 Å². The van der Waals surface area contributed by atoms with Crippen LogP contribution >= 0.6 is 11.6 Å². The molecule has 0 saturated carbocycles. The van der Waals surface area contributed by atoms with Crippen LogP contribution < -0.4 is 0 Å². The van der Waals surface area contributed by atoms with E-state index in [1.807, 2.05) is 12.1 Å². The first-order valence-corrected chi connectivity index (χ1v) is 4.90. The van der Waals surface area contributed by atoms with Gasteiger partial charge in [0.25, 0.3) is 0 Å². The van der Waals surface area contributed by atoms with Gasteiger partial charge in [0.05, 0.1) is 5.02 Å². The van der Waals surface area contributed by atoms with Gasteiger partial charge in [0, 0.05) is 17.8 Å². The second kappa shape index (κ2) is 3.67. The van der Waals surface area contributed by atoms with E-state index in [0.717, 1.165) is 5.69 Å². The molecule has 0 fully saturated rings. The molecule has 1 rings (SSSR count). The molecule has 1 heterocycles. The van der Waals surface area contributed by atoms with Gasteiger partial charge >= 0.3 is 0 Å². The highest BCUT2D eigenvalue weighted by Gasteiger charge is 2.22. The normalized spacial score (nSPS) is 14.2. The minimum Gasteiger partial charge on any atom is -0.259 e. The molecule has 0 saturated heterocycles. The fraction of sp³-hybridized carbons (Fsp3) is 0.545. The Bertz CT molecular complexity index is 271. The second-order valence-corrected chi connectivity index (χ2v) is 4.93. The van der Waals surface area contributed by atoms with Crippen molar-refractivity contribution in [2.24, 2.45) is 5.41 Å². The maximum Gasteiger partial charge on any atom is 0.0589 e. The van der Waals surface area contributed by atoms with Crippen molar-refractivity contribution in [3.8, 4) is 0 Å². The zero-order valence-corrected chi connectivity index (χ0v) is 9.39. The molecule has 0 aliphatic heterocycles. The highest BCUT2D eigenvalue weighted by atomic mass is 35.5. The molecule has 13 heavy (non-hydrogen) atoms. The van der Waals surface area contributed by atoms with Gasteiger partial charge in [0.15, 0.2) is 0 Å². The molecular formula is C11H16ClN. The molecule has 1 unspecified atom stereocenters. The van der Waals surface area contributed by atoms with Crippen molar-refractivity contribution in [1.82, 2.24) is 4.98 Å². The number of halogens is 1. The Labute approximate surface area is 85.1 Å². The topological polar surface area (TPSA) is 12.9 Å². The number of rotatable bonds is 1. The smallest absolute Gasteiger partial charge is 0.0589 e. The second-order valence-electron chi connectivity index (χ2n) is 4.49. The molecule has 2 heteroatoms. The summed E-state index contributed by atoms with van der Waals surface area (Å²) >= 11 is 5.77. The van der Waals surface area contributed by atoms with Crippen molar-refractivity contribution in [3.63, 3.8) is 0 Å². The van der Waals surface area contributed by atoms with Crippen molar-refractivity contribution in [1.29, 1.82) is 0 Å². The average molecular weight is 198 g/mol. The molecule has 0 aliphatic rings. The van der Waals surface area contributed by atoms with Crippen LogP contribution in [0.2, 0.25) is 5.02 Å². The van der Waals surface area contributed by atoms with Gasteiger partial charge in [-0.1, -0.05) is 39.3 Å². The van der Waals surface area contributed by atoms with Crippen LogP contribution in [-0.4, -0.2) is 4.98 Å². The molecule has 1 aromatic heterocycles. The summed E-state index contributed by atoms with van der Waals surface area (Å²) < 4.78 is 0. The third kappa shape index (κ3) is 2.70. The molecule has 0 radical (unpaired) electrons. The quantitative estimate of drug-likeness (QED) is 0.666. The predicted molar refractivity (Wildman–Crippen MR) is 57.1 cm³/mol. The number of nitrogens with zero attached hydrogens (tertiary/aromatic N) is 1. The minimum atomic E-state index is 0.251. The van der Waals surface area contributed by atoms with Gasteiger partial charge in [-0.25, -0.2) is 0 Å². The molecule has 1 nitrogen and oxygen atoms in total. The molecule has 0 amide bonds. The average Bonchev–Trinajstić information content (AvgIpc) is 2.03. The fourth-order valence-electron chi connectivity index (χ4n) is 1.09. The maximum atomic E-state index is 5.77. The summed E-state index contributed by atoms with van der Waals surface area (Å²) in [5, 5.41) is 0.699. The lowest BCUT2D eigenvalue weighted by molar-refractivity contribution is 0.334. The summed E-state index contributed by atoms with van der Waals surface area (Å²) in [7, 11) is 0. The van der Waals surface area contributed by atoms with Crippen molar-refractivity contribution in [2.75, 3.05) is 0 Å². The highest BCUT2D eigenvalue weighted by Crippen LogP contribution is 2.33. The van der Waals surface area contributed by atoms with Gasteiger partial charge in [0.2, 0.25) is 0 Å². The number of pyridine rings is 1. The SMILES string of the molecule is CC(c1ccc(Cl)cn1)C(C)(C)C. The van der Waals surface area contributed by atoms with Crippen molar-refractivity contribution < 1.29 is 0 Å². The number of aromatic nitrogens is 1. The summed E-state index contributed by atoms with van der Waals surface area (Å²) in [6.07, 6.45) is 1.71. The van der Waals surface area contributed by atoms with Crippen LogP contribution in [0.4, 0.5) is 0 Å². The van der Waals surface area contributed by atoms with Crippen LogP contribution in [-0.2, 0) is 0 Å². The van der Waals surface area contributed by atoms with E-state index >= 15 is 0 Å². The van der Waals surface area contributed by atoms with Gasteiger partial charge < -0.3 is 0 Å². The van der Waals surface area contributed by atoms with E-state index in [1.165, 1.54) is 0 Å². The Morgan fingerprint density at radius 3 is 2.31 bits per heavy atom. The zero-order valence-electron chi connectivity index (χ0n) is 8.63. The van der Waals surface area contributed by atoms with Crippen molar-refractivity contribution in [3.05, 3.63) is 29.0 Å². The Kier molecular flexibility index (Phi) is 2.97. The van der Waals surface area contributed by atoms with E-state index in [1.54, 1.807) is 6.20 Å². The van der Waals surface area contributed by atoms with Gasteiger partial charge in [-0.2, -0.15) is 0 Å². The number of hydrogen-bond acceptors (Lipinski definition) is 1. The predicted octanol–water partition coefficient (Wildman–Crippen LogP) is 3.88. The molecule has 0 N–H and O–H groups in total. The first-order valence-electron chi connectivity index (χ1n) is 4.52. The molecule has 0 aliphatic carbocycles. The van der Waals surface area contributed by atoms with E-state index in [-0.39, 0.29) is 5.41 Å². The van der Waals surface area contributed by atoms with E-state index < -0.39 is 0 Å². The molecule has 0 bridgehead atoms. The van der Waals surface area contributed by atoms with Crippen LogP contribution in [0.15, 0.2) is 18.3 Å². The maximum absolute atomic E-state index is 5.77. The van der Waals surface area contributed by atoms with Gasteiger partial charge in [-0.15, -0.1) is 0 Å². The molecule has 72 valence electrons. The van der Waals surface area contributed by atoms with Crippen molar-refractivity contribution >= 4 is 11.6 Å². The molecule has 0 aromatic carbocycles. The molecular weight excluding hydrogens is 182 g/mol. The lowest BCUT2D eigenvalue weighted by atomic mass is 9.80. The first kappa shape index (κ1) is 10.5. The van der Waals surface area contributed by atoms with Crippen LogP contribution in [0, 0.1) is 5.41 Å². The first-order chi connectivity index (χ1) is 5.91. The van der Waals surface area contributed by atoms with E-state index in [0.29, 0.717) is 10.9 Å². The summed E-state index contributed by atoms with van der Waals surface area (Å²) in [6, 6.07) is 3.89. The summed E-state index contributed by atoms with van der Waals surface area (Å²) in [5.74, 6) is 0.449. The third-order valence-corrected chi connectivity index (χ3v) is 2.72. The van der Waals surface area contributed by atoms with Gasteiger partial charge in [-0.05, 0) is 17.5 Å². The standard InChI is InChI=1S/C11H16ClN/c1-8(11(2,3)4)10-6-5-9(12)7-13-10/h5-8H,1-4H3. The van der Waals surface area contributed by atoms with Crippen molar-refractivity contribution in [2.45, 2.75) is 33.6 Å². The van der Waals surface area contributed by atoms with E-state index in [4.69, 9.17) is 11.6 Å². The highest BCUT2D eigenvalue weighted by molar-refractivity contribution is 6.30. The van der Waals surface area contributed by atoms with Crippen LogP contribution in [0.1, 0.15) is 39.3 Å². The van der Waals surface area contributed by atoms with E-state index in [9.17, 15) is 0 Å². The lowest BCUT2D eigenvalue weighted by Gasteiger charge is -2.26. The summed E-state index contributed by atoms with van der Waals surface area (Å²) in [6.45, 7) is 8.84. The minimum absolute atomic E-state index is 0.251. The van der Waals surface area contributed by atoms with Gasteiger partial charge in [0.1, 0.15) is 0 Å². The Morgan fingerprint density at radius 2 is 1.92 bits per heavy atom. The molecule has 1 aromatic rings. The Hall–Kier alpha value is -0.560. The largest absolute Gasteiger partial charge is 0.259 e. The zero-order chi connectivity index (χ0) is 10.1. The van der Waals surface area contributed by atoms with Gasteiger partial charge in [-0.3, -0.25) is 4.98 Å². The van der Waals surface area contributed by atoms with Crippen LogP contribution in [0.5, 0.6) is 0 Å². The lowest BCUT2D eigenvalue weighted by Crippen LogP contribution is -2.16.